The molecule has 1 aliphatic rings. The second kappa shape index (κ2) is 10.4. The van der Waals surface area contributed by atoms with E-state index in [4.69, 9.17) is 0 Å². The van der Waals surface area contributed by atoms with Gasteiger partial charge in [-0.2, -0.15) is 4.31 Å². The van der Waals surface area contributed by atoms with Crippen LogP contribution >= 0.6 is 0 Å². The average molecular weight is 492 g/mol. The molecule has 8 heteroatoms. The zero-order valence-corrected chi connectivity index (χ0v) is 20.7. The normalized spacial score (nSPS) is 14.3. The molecular weight excluding hydrogens is 462 g/mol. The number of amides is 2. The van der Waals surface area contributed by atoms with Crippen molar-refractivity contribution in [2.75, 3.05) is 23.7 Å². The van der Waals surface area contributed by atoms with Crippen LogP contribution in [0.3, 0.4) is 0 Å². The van der Waals surface area contributed by atoms with Crippen molar-refractivity contribution in [2.45, 2.75) is 38.0 Å². The van der Waals surface area contributed by atoms with Crippen LogP contribution in [0.5, 0.6) is 0 Å². The van der Waals surface area contributed by atoms with Gasteiger partial charge in [0.1, 0.15) is 0 Å². The summed E-state index contributed by atoms with van der Waals surface area (Å²) in [6.07, 6.45) is 2.70. The second-order valence-corrected chi connectivity index (χ2v) is 10.6. The van der Waals surface area contributed by atoms with E-state index in [1.165, 1.54) is 10.4 Å². The summed E-state index contributed by atoms with van der Waals surface area (Å²) < 4.78 is 27.9. The van der Waals surface area contributed by atoms with E-state index in [-0.39, 0.29) is 16.4 Å². The molecule has 1 saturated heterocycles. The zero-order valence-electron chi connectivity index (χ0n) is 19.9. The number of benzene rings is 3. The van der Waals surface area contributed by atoms with Crippen LogP contribution in [-0.2, 0) is 10.0 Å². The fourth-order valence-electron chi connectivity index (χ4n) is 4.20. The van der Waals surface area contributed by atoms with Gasteiger partial charge in [-0.25, -0.2) is 8.42 Å². The second-order valence-electron chi connectivity index (χ2n) is 8.70. The number of hydrogen-bond acceptors (Lipinski definition) is 4. The number of piperidine rings is 1. The van der Waals surface area contributed by atoms with Crippen LogP contribution < -0.4 is 10.6 Å². The first-order chi connectivity index (χ1) is 16.8. The predicted octanol–water partition coefficient (Wildman–Crippen LogP) is 4.98. The van der Waals surface area contributed by atoms with Crippen molar-refractivity contribution in [3.05, 3.63) is 89.0 Å². The van der Waals surface area contributed by atoms with Crippen molar-refractivity contribution >= 4 is 33.2 Å². The Morgan fingerprint density at radius 3 is 2.23 bits per heavy atom. The SMILES string of the molecule is Cc1ccc(C(=O)Nc2cccc(C(=O)Nc3ccccc3)c2C)cc1S(=O)(=O)N1CCCCC1. The number of sulfonamides is 1. The highest BCUT2D eigenvalue weighted by atomic mass is 32.2. The van der Waals surface area contributed by atoms with Gasteiger partial charge < -0.3 is 10.6 Å². The van der Waals surface area contributed by atoms with E-state index in [9.17, 15) is 18.0 Å². The Morgan fingerprint density at radius 1 is 0.800 bits per heavy atom. The van der Waals surface area contributed by atoms with Crippen molar-refractivity contribution in [2.24, 2.45) is 0 Å². The third-order valence-corrected chi connectivity index (χ3v) is 8.28. The number of anilines is 2. The first-order valence-corrected chi connectivity index (χ1v) is 13.1. The number of rotatable bonds is 6. The van der Waals surface area contributed by atoms with Crippen molar-refractivity contribution < 1.29 is 18.0 Å². The number of aryl methyl sites for hydroxylation is 1. The molecule has 3 aromatic rings. The van der Waals surface area contributed by atoms with Crippen molar-refractivity contribution in [1.82, 2.24) is 4.31 Å². The molecule has 0 aliphatic carbocycles. The molecule has 2 amide bonds. The highest BCUT2D eigenvalue weighted by molar-refractivity contribution is 7.89. The maximum absolute atomic E-state index is 13.2. The first-order valence-electron chi connectivity index (χ1n) is 11.7. The smallest absolute Gasteiger partial charge is 0.256 e. The van der Waals surface area contributed by atoms with E-state index < -0.39 is 15.9 Å². The van der Waals surface area contributed by atoms with Gasteiger partial charge >= 0.3 is 0 Å². The number of carbonyl (C=O) groups is 2. The molecule has 1 fully saturated rings. The van der Waals surface area contributed by atoms with Crippen molar-refractivity contribution in [1.29, 1.82) is 0 Å². The molecular formula is C27H29N3O4S. The quantitative estimate of drug-likeness (QED) is 0.508. The Balaban J connectivity index is 1.56. The van der Waals surface area contributed by atoms with Gasteiger partial charge in [-0.05, 0) is 74.2 Å². The standard InChI is InChI=1S/C27H29N3O4S/c1-19-14-15-21(18-25(19)35(33,34)30-16-7-4-8-17-30)26(31)29-24-13-9-12-23(20(24)2)27(32)28-22-10-5-3-6-11-22/h3,5-6,9-15,18H,4,7-8,16-17H2,1-2H3,(H,28,32)(H,29,31). The molecule has 0 spiro atoms. The molecule has 0 atom stereocenters. The number of hydrogen-bond donors (Lipinski definition) is 2. The summed E-state index contributed by atoms with van der Waals surface area (Å²) in [4.78, 5) is 26.0. The lowest BCUT2D eigenvalue weighted by Crippen LogP contribution is -2.36. The minimum atomic E-state index is -3.68. The van der Waals surface area contributed by atoms with Gasteiger partial charge in [-0.1, -0.05) is 36.8 Å². The molecule has 182 valence electrons. The van der Waals surface area contributed by atoms with Crippen LogP contribution in [-0.4, -0.2) is 37.6 Å². The van der Waals surface area contributed by atoms with E-state index >= 15 is 0 Å². The summed E-state index contributed by atoms with van der Waals surface area (Å²) in [5, 5.41) is 5.69. The maximum atomic E-state index is 13.2. The highest BCUT2D eigenvalue weighted by Crippen LogP contribution is 2.26. The summed E-state index contributed by atoms with van der Waals surface area (Å²) in [5.41, 5.74) is 3.05. The molecule has 0 unspecified atom stereocenters. The molecule has 0 aromatic heterocycles. The number of para-hydroxylation sites is 1. The van der Waals surface area contributed by atoms with Crippen LogP contribution in [0.2, 0.25) is 0 Å². The third kappa shape index (κ3) is 5.44. The lowest BCUT2D eigenvalue weighted by molar-refractivity contribution is 0.101. The van der Waals surface area contributed by atoms with Gasteiger partial charge in [0.2, 0.25) is 10.0 Å². The number of nitrogens with zero attached hydrogens (tertiary/aromatic N) is 1. The molecule has 35 heavy (non-hydrogen) atoms. The van der Waals surface area contributed by atoms with E-state index in [0.717, 1.165) is 19.3 Å². The Labute approximate surface area is 206 Å². The van der Waals surface area contributed by atoms with E-state index in [0.29, 0.717) is 41.2 Å². The largest absolute Gasteiger partial charge is 0.322 e. The van der Waals surface area contributed by atoms with Crippen molar-refractivity contribution in [3.8, 4) is 0 Å². The van der Waals surface area contributed by atoms with Gasteiger partial charge in [-0.3, -0.25) is 9.59 Å². The fourth-order valence-corrected chi connectivity index (χ4v) is 5.96. The zero-order chi connectivity index (χ0) is 25.0. The van der Waals surface area contributed by atoms with Gasteiger partial charge in [0.15, 0.2) is 0 Å². The van der Waals surface area contributed by atoms with Gasteiger partial charge in [0.25, 0.3) is 11.8 Å². The average Bonchev–Trinajstić information content (AvgIpc) is 2.86. The van der Waals surface area contributed by atoms with Gasteiger partial charge in [0, 0.05) is 35.6 Å². The summed E-state index contributed by atoms with van der Waals surface area (Å²) >= 11 is 0. The number of nitrogens with one attached hydrogen (secondary N) is 2. The van der Waals surface area contributed by atoms with Crippen LogP contribution in [0.25, 0.3) is 0 Å². The van der Waals surface area contributed by atoms with Gasteiger partial charge in [0.05, 0.1) is 4.90 Å². The van der Waals surface area contributed by atoms with Crippen molar-refractivity contribution in [3.63, 3.8) is 0 Å². The molecule has 1 aliphatic heterocycles. The number of carbonyl (C=O) groups excluding carboxylic acids is 2. The Bertz CT molecular complexity index is 1350. The van der Waals surface area contributed by atoms with Crippen LogP contribution in [0, 0.1) is 13.8 Å². The Kier molecular flexibility index (Phi) is 7.33. The molecule has 1 heterocycles. The Hall–Kier alpha value is -3.49. The fraction of sp³-hybridized carbons (Fsp3) is 0.259. The lowest BCUT2D eigenvalue weighted by Gasteiger charge is -2.26. The summed E-state index contributed by atoms with van der Waals surface area (Å²) in [7, 11) is -3.68. The van der Waals surface area contributed by atoms with E-state index in [2.05, 4.69) is 10.6 Å². The van der Waals surface area contributed by atoms with E-state index in [1.807, 2.05) is 18.2 Å². The minimum absolute atomic E-state index is 0.153. The monoisotopic (exact) mass is 491 g/mol. The minimum Gasteiger partial charge on any atom is -0.322 e. The molecule has 3 aromatic carbocycles. The van der Waals surface area contributed by atoms with Gasteiger partial charge in [-0.15, -0.1) is 0 Å². The molecule has 0 radical (unpaired) electrons. The Morgan fingerprint density at radius 2 is 1.51 bits per heavy atom. The third-order valence-electron chi connectivity index (χ3n) is 6.24. The highest BCUT2D eigenvalue weighted by Gasteiger charge is 2.28. The summed E-state index contributed by atoms with van der Waals surface area (Å²) in [6, 6.07) is 18.9. The maximum Gasteiger partial charge on any atom is 0.256 e. The molecule has 0 saturated carbocycles. The molecule has 0 bridgehead atoms. The summed E-state index contributed by atoms with van der Waals surface area (Å²) in [5.74, 6) is -0.723. The molecule has 7 nitrogen and oxygen atoms in total. The molecule has 4 rings (SSSR count). The predicted molar refractivity (Wildman–Crippen MR) is 137 cm³/mol. The first kappa shape index (κ1) is 24.6. The lowest BCUT2D eigenvalue weighted by atomic mass is 10.1. The summed E-state index contributed by atoms with van der Waals surface area (Å²) in [6.45, 7) is 4.48. The topological polar surface area (TPSA) is 95.6 Å². The molecule has 2 N–H and O–H groups in total. The van der Waals surface area contributed by atoms with E-state index in [1.54, 1.807) is 56.3 Å². The van der Waals surface area contributed by atoms with Crippen LogP contribution in [0.1, 0.15) is 51.1 Å². The van der Waals surface area contributed by atoms with Crippen LogP contribution in [0.15, 0.2) is 71.6 Å². The van der Waals surface area contributed by atoms with Crippen LogP contribution in [0.4, 0.5) is 11.4 Å².